The van der Waals surface area contributed by atoms with Crippen LogP contribution in [0.25, 0.3) is 5.69 Å². The molecule has 0 saturated carbocycles. The van der Waals surface area contributed by atoms with Gasteiger partial charge in [0, 0.05) is 17.6 Å². The van der Waals surface area contributed by atoms with E-state index in [0.717, 1.165) is 35.4 Å². The molecule has 118 valence electrons. The molecule has 1 aromatic carbocycles. The van der Waals surface area contributed by atoms with Gasteiger partial charge in [0.25, 0.3) is 5.91 Å². The van der Waals surface area contributed by atoms with E-state index in [1.807, 2.05) is 31.2 Å². The van der Waals surface area contributed by atoms with Gasteiger partial charge in [-0.1, -0.05) is 22.9 Å². The van der Waals surface area contributed by atoms with Crippen molar-refractivity contribution in [3.05, 3.63) is 46.2 Å². The van der Waals surface area contributed by atoms with E-state index >= 15 is 0 Å². The van der Waals surface area contributed by atoms with Crippen LogP contribution in [0.2, 0.25) is 0 Å². The molecule has 0 bridgehead atoms. The average molecular weight is 365 g/mol. The number of hydrogen-bond donors (Lipinski definition) is 2. The van der Waals surface area contributed by atoms with Gasteiger partial charge in [0.05, 0.1) is 23.1 Å². The number of halogens is 1. The normalized spacial score (nSPS) is 10.7. The van der Waals surface area contributed by atoms with Crippen LogP contribution >= 0.6 is 15.9 Å². The third-order valence-electron chi connectivity index (χ3n) is 3.34. The lowest BCUT2D eigenvalue weighted by atomic mass is 10.2. The Morgan fingerprint density at radius 2 is 1.95 bits per heavy atom. The van der Waals surface area contributed by atoms with Gasteiger partial charge in [-0.25, -0.2) is 4.68 Å². The number of rotatable bonds is 7. The molecule has 0 radical (unpaired) electrons. The van der Waals surface area contributed by atoms with Crippen LogP contribution in [0.3, 0.4) is 0 Å². The molecular formula is C16H21BrN4O. The summed E-state index contributed by atoms with van der Waals surface area (Å²) in [7, 11) is 0. The Bertz CT molecular complexity index is 622. The lowest BCUT2D eigenvalue weighted by molar-refractivity contribution is 0.0953. The molecule has 0 aliphatic rings. The van der Waals surface area contributed by atoms with Crippen molar-refractivity contribution in [2.45, 2.75) is 20.3 Å². The maximum atomic E-state index is 12.2. The van der Waals surface area contributed by atoms with Crippen LogP contribution < -0.4 is 10.6 Å². The fraction of sp³-hybridized carbons (Fsp3) is 0.375. The summed E-state index contributed by atoms with van der Waals surface area (Å²) in [4.78, 5) is 12.2. The summed E-state index contributed by atoms with van der Waals surface area (Å²) >= 11 is 3.41. The second kappa shape index (κ2) is 8.10. The number of nitrogens with zero attached hydrogens (tertiary/aromatic N) is 2. The maximum absolute atomic E-state index is 12.2. The fourth-order valence-electron chi connectivity index (χ4n) is 2.14. The molecule has 1 heterocycles. The van der Waals surface area contributed by atoms with E-state index < -0.39 is 0 Å². The van der Waals surface area contributed by atoms with E-state index in [4.69, 9.17) is 0 Å². The summed E-state index contributed by atoms with van der Waals surface area (Å²) in [5.74, 6) is -0.0841. The van der Waals surface area contributed by atoms with Gasteiger partial charge < -0.3 is 10.6 Å². The van der Waals surface area contributed by atoms with Crippen LogP contribution in [0.5, 0.6) is 0 Å². The maximum Gasteiger partial charge on any atom is 0.254 e. The van der Waals surface area contributed by atoms with Crippen LogP contribution in [0.4, 0.5) is 0 Å². The molecule has 2 rings (SSSR count). The molecule has 1 aromatic heterocycles. The minimum Gasteiger partial charge on any atom is -0.351 e. The smallest absolute Gasteiger partial charge is 0.254 e. The zero-order valence-electron chi connectivity index (χ0n) is 12.9. The standard InChI is InChI=1S/C16H21BrN4O/c1-3-8-18-9-10-19-16(22)15-11-20-21(12(15)2)14-6-4-13(17)5-7-14/h4-7,11,18H,3,8-10H2,1-2H3,(H,19,22). The Morgan fingerprint density at radius 1 is 1.23 bits per heavy atom. The summed E-state index contributed by atoms with van der Waals surface area (Å²) in [6.07, 6.45) is 2.71. The van der Waals surface area contributed by atoms with Gasteiger partial charge in [-0.05, 0) is 44.2 Å². The fourth-order valence-corrected chi connectivity index (χ4v) is 2.40. The molecule has 2 N–H and O–H groups in total. The van der Waals surface area contributed by atoms with E-state index in [-0.39, 0.29) is 5.91 Å². The molecule has 0 atom stereocenters. The van der Waals surface area contributed by atoms with Crippen molar-refractivity contribution in [2.75, 3.05) is 19.6 Å². The molecule has 0 aliphatic carbocycles. The van der Waals surface area contributed by atoms with Crippen LogP contribution in [-0.4, -0.2) is 35.3 Å². The monoisotopic (exact) mass is 364 g/mol. The van der Waals surface area contributed by atoms with Gasteiger partial charge in [0.2, 0.25) is 0 Å². The van der Waals surface area contributed by atoms with Crippen molar-refractivity contribution in [3.63, 3.8) is 0 Å². The van der Waals surface area contributed by atoms with Gasteiger partial charge in [0.15, 0.2) is 0 Å². The Labute approximate surface area is 139 Å². The Hall–Kier alpha value is -1.66. The van der Waals surface area contributed by atoms with Gasteiger partial charge in [0.1, 0.15) is 0 Å². The molecule has 1 amide bonds. The summed E-state index contributed by atoms with van der Waals surface area (Å²) in [5.41, 5.74) is 2.38. The van der Waals surface area contributed by atoms with E-state index in [9.17, 15) is 4.79 Å². The minimum absolute atomic E-state index is 0.0841. The van der Waals surface area contributed by atoms with Gasteiger partial charge >= 0.3 is 0 Å². The third kappa shape index (κ3) is 4.18. The van der Waals surface area contributed by atoms with E-state index in [2.05, 4.69) is 38.6 Å². The Balaban J connectivity index is 2.01. The predicted octanol–water partition coefficient (Wildman–Crippen LogP) is 2.67. The molecule has 0 unspecified atom stereocenters. The van der Waals surface area contributed by atoms with Crippen LogP contribution in [-0.2, 0) is 0 Å². The predicted molar refractivity (Wildman–Crippen MR) is 91.5 cm³/mol. The number of benzene rings is 1. The third-order valence-corrected chi connectivity index (χ3v) is 3.87. The quantitative estimate of drug-likeness (QED) is 0.742. The van der Waals surface area contributed by atoms with Crippen molar-refractivity contribution < 1.29 is 4.79 Å². The second-order valence-electron chi connectivity index (χ2n) is 5.04. The van der Waals surface area contributed by atoms with Crippen molar-refractivity contribution in [1.82, 2.24) is 20.4 Å². The highest BCUT2D eigenvalue weighted by Crippen LogP contribution is 2.17. The molecule has 5 nitrogen and oxygen atoms in total. The van der Waals surface area contributed by atoms with E-state index in [0.29, 0.717) is 12.1 Å². The molecule has 0 saturated heterocycles. The number of amides is 1. The van der Waals surface area contributed by atoms with Crippen molar-refractivity contribution >= 4 is 21.8 Å². The summed E-state index contributed by atoms with van der Waals surface area (Å²) < 4.78 is 2.79. The topological polar surface area (TPSA) is 58.9 Å². The van der Waals surface area contributed by atoms with Gasteiger partial charge in [-0.15, -0.1) is 0 Å². The van der Waals surface area contributed by atoms with Crippen LogP contribution in [0.1, 0.15) is 29.4 Å². The molecule has 0 fully saturated rings. The Morgan fingerprint density at radius 3 is 2.64 bits per heavy atom. The molecule has 22 heavy (non-hydrogen) atoms. The number of nitrogens with one attached hydrogen (secondary N) is 2. The number of hydrogen-bond acceptors (Lipinski definition) is 3. The average Bonchev–Trinajstić information content (AvgIpc) is 2.89. The lowest BCUT2D eigenvalue weighted by Crippen LogP contribution is -2.32. The van der Waals surface area contributed by atoms with Crippen LogP contribution in [0.15, 0.2) is 34.9 Å². The highest BCUT2D eigenvalue weighted by atomic mass is 79.9. The van der Waals surface area contributed by atoms with Crippen molar-refractivity contribution in [3.8, 4) is 5.69 Å². The largest absolute Gasteiger partial charge is 0.351 e. The first-order valence-electron chi connectivity index (χ1n) is 7.43. The second-order valence-corrected chi connectivity index (χ2v) is 5.95. The molecular weight excluding hydrogens is 344 g/mol. The SMILES string of the molecule is CCCNCCNC(=O)c1cnn(-c2ccc(Br)cc2)c1C. The minimum atomic E-state index is -0.0841. The first-order chi connectivity index (χ1) is 10.6. The van der Waals surface area contributed by atoms with E-state index in [1.54, 1.807) is 10.9 Å². The zero-order valence-corrected chi connectivity index (χ0v) is 14.5. The molecule has 2 aromatic rings. The van der Waals surface area contributed by atoms with Crippen molar-refractivity contribution in [1.29, 1.82) is 0 Å². The van der Waals surface area contributed by atoms with Crippen molar-refractivity contribution in [2.24, 2.45) is 0 Å². The first kappa shape index (κ1) is 16.7. The van der Waals surface area contributed by atoms with Gasteiger partial charge in [-0.3, -0.25) is 4.79 Å². The molecule has 6 heteroatoms. The number of carbonyl (C=O) groups excluding carboxylic acids is 1. The zero-order chi connectivity index (χ0) is 15.9. The number of carbonyl (C=O) groups is 1. The highest BCUT2D eigenvalue weighted by molar-refractivity contribution is 9.10. The van der Waals surface area contributed by atoms with Gasteiger partial charge in [-0.2, -0.15) is 5.10 Å². The number of aromatic nitrogens is 2. The molecule has 0 aliphatic heterocycles. The highest BCUT2D eigenvalue weighted by Gasteiger charge is 2.14. The summed E-state index contributed by atoms with van der Waals surface area (Å²) in [5, 5.41) is 10.5. The summed E-state index contributed by atoms with van der Waals surface area (Å²) in [6.45, 7) is 6.38. The van der Waals surface area contributed by atoms with Crippen LogP contribution in [0, 0.1) is 6.92 Å². The lowest BCUT2D eigenvalue weighted by Gasteiger charge is -2.07. The van der Waals surface area contributed by atoms with E-state index in [1.165, 1.54) is 0 Å². The summed E-state index contributed by atoms with van der Waals surface area (Å²) in [6, 6.07) is 7.83. The first-order valence-corrected chi connectivity index (χ1v) is 8.22. The molecule has 0 spiro atoms. The Kier molecular flexibility index (Phi) is 6.15.